The minimum absolute atomic E-state index is 0.219. The number of hydrogen-bond donors (Lipinski definition) is 1. The molecule has 0 saturated carbocycles. The average Bonchev–Trinajstić information content (AvgIpc) is 2.91. The zero-order chi connectivity index (χ0) is 15.5. The lowest BCUT2D eigenvalue weighted by molar-refractivity contribution is 0.626. The largest absolute Gasteiger partial charge is 0.328 e. The maximum atomic E-state index is 12.9. The van der Waals surface area contributed by atoms with E-state index in [1.54, 1.807) is 12.1 Å². The quantitative estimate of drug-likeness (QED) is 0.681. The highest BCUT2D eigenvalue weighted by molar-refractivity contribution is 8.00. The first-order valence-electron chi connectivity index (χ1n) is 7.39. The van der Waals surface area contributed by atoms with Crippen LogP contribution in [0.2, 0.25) is 0 Å². The number of aromatic nitrogens is 2. The van der Waals surface area contributed by atoms with E-state index >= 15 is 0 Å². The molecule has 0 aliphatic rings. The molecule has 0 atom stereocenters. The zero-order valence-electron chi connectivity index (χ0n) is 12.6. The molecule has 1 heterocycles. The molecule has 0 saturated heterocycles. The highest BCUT2D eigenvalue weighted by atomic mass is 32.2. The zero-order valence-corrected chi connectivity index (χ0v) is 13.5. The highest BCUT2D eigenvalue weighted by Gasteiger charge is 2.08. The third-order valence-electron chi connectivity index (χ3n) is 3.56. The Kier molecular flexibility index (Phi) is 4.34. The molecular weight excluding hydrogens is 297 g/mol. The van der Waals surface area contributed by atoms with Crippen LogP contribution in [0.5, 0.6) is 0 Å². The maximum absolute atomic E-state index is 12.9. The van der Waals surface area contributed by atoms with Crippen LogP contribution in [0.3, 0.4) is 0 Å². The second-order valence-corrected chi connectivity index (χ2v) is 5.87. The van der Waals surface area contributed by atoms with Gasteiger partial charge in [-0.15, -0.1) is 0 Å². The molecule has 3 rings (SSSR count). The summed E-state index contributed by atoms with van der Waals surface area (Å²) in [4.78, 5) is 5.66. The predicted octanol–water partition coefficient (Wildman–Crippen LogP) is 4.88. The molecule has 22 heavy (non-hydrogen) atoms. The topological polar surface area (TPSA) is 29.9 Å². The number of anilines is 1. The number of halogens is 1. The van der Waals surface area contributed by atoms with Crippen LogP contribution < -0.4 is 4.72 Å². The fraction of sp³-hybridized carbons (Fsp3) is 0.235. The Hall–Kier alpha value is -2.01. The minimum Gasteiger partial charge on any atom is -0.328 e. The maximum Gasteiger partial charge on any atom is 0.123 e. The lowest BCUT2D eigenvalue weighted by atomic mass is 10.3. The van der Waals surface area contributed by atoms with Crippen LogP contribution in [0.25, 0.3) is 11.0 Å². The van der Waals surface area contributed by atoms with E-state index in [0.717, 1.165) is 40.4 Å². The van der Waals surface area contributed by atoms with Crippen molar-refractivity contribution in [1.29, 1.82) is 0 Å². The van der Waals surface area contributed by atoms with Crippen LogP contribution in [-0.2, 0) is 13.0 Å². The van der Waals surface area contributed by atoms with Gasteiger partial charge in [0.2, 0.25) is 0 Å². The summed E-state index contributed by atoms with van der Waals surface area (Å²) in [6.45, 7) is 5.19. The summed E-state index contributed by atoms with van der Waals surface area (Å²) in [5.74, 6) is 0.892. The van der Waals surface area contributed by atoms with Crippen molar-refractivity contribution in [2.24, 2.45) is 0 Å². The average molecular weight is 315 g/mol. The van der Waals surface area contributed by atoms with Gasteiger partial charge in [0, 0.05) is 23.5 Å². The number of nitrogens with zero attached hydrogens (tertiary/aromatic N) is 2. The standard InChI is InChI=1S/C17H18FN3S/c1-3-17-19-15-11-13(7-10-16(15)21(17)4-2)20-22-14-8-5-12(18)6-9-14/h5-11,20H,3-4H2,1-2H3. The van der Waals surface area contributed by atoms with E-state index in [9.17, 15) is 4.39 Å². The summed E-state index contributed by atoms with van der Waals surface area (Å²) in [5, 5.41) is 0. The van der Waals surface area contributed by atoms with Gasteiger partial charge in [0.1, 0.15) is 11.6 Å². The van der Waals surface area contributed by atoms with Gasteiger partial charge < -0.3 is 9.29 Å². The summed E-state index contributed by atoms with van der Waals surface area (Å²) in [5.41, 5.74) is 3.16. The molecule has 2 aromatic carbocycles. The first kappa shape index (κ1) is 14.9. The lowest BCUT2D eigenvalue weighted by Gasteiger charge is -2.06. The van der Waals surface area contributed by atoms with E-state index in [-0.39, 0.29) is 5.82 Å². The molecule has 0 spiro atoms. The van der Waals surface area contributed by atoms with Gasteiger partial charge in [0.05, 0.1) is 11.0 Å². The normalized spacial score (nSPS) is 11.0. The van der Waals surface area contributed by atoms with Crippen LogP contribution in [0.4, 0.5) is 10.1 Å². The van der Waals surface area contributed by atoms with Crippen molar-refractivity contribution in [3.63, 3.8) is 0 Å². The van der Waals surface area contributed by atoms with Gasteiger partial charge in [-0.3, -0.25) is 0 Å². The third kappa shape index (κ3) is 2.95. The molecule has 0 aliphatic heterocycles. The van der Waals surface area contributed by atoms with E-state index in [2.05, 4.69) is 35.3 Å². The van der Waals surface area contributed by atoms with Crippen molar-refractivity contribution in [2.45, 2.75) is 31.7 Å². The van der Waals surface area contributed by atoms with E-state index in [1.807, 2.05) is 6.07 Å². The summed E-state index contributed by atoms with van der Waals surface area (Å²) < 4.78 is 18.4. The van der Waals surface area contributed by atoms with Gasteiger partial charge >= 0.3 is 0 Å². The fourth-order valence-corrected chi connectivity index (χ4v) is 3.12. The third-order valence-corrected chi connectivity index (χ3v) is 4.41. The van der Waals surface area contributed by atoms with E-state index in [4.69, 9.17) is 4.98 Å². The molecule has 1 N–H and O–H groups in total. The van der Waals surface area contributed by atoms with Crippen molar-refractivity contribution in [2.75, 3.05) is 4.72 Å². The molecule has 1 aromatic heterocycles. The Morgan fingerprint density at radius 1 is 1.14 bits per heavy atom. The Bertz CT molecular complexity index is 780. The predicted molar refractivity (Wildman–Crippen MR) is 90.7 cm³/mol. The number of hydrogen-bond acceptors (Lipinski definition) is 3. The fourth-order valence-electron chi connectivity index (χ4n) is 2.49. The molecule has 5 heteroatoms. The number of aryl methyl sites for hydroxylation is 2. The molecule has 0 amide bonds. The highest BCUT2D eigenvalue weighted by Crippen LogP contribution is 2.25. The number of imidazole rings is 1. The molecule has 0 unspecified atom stereocenters. The first-order chi connectivity index (χ1) is 10.7. The van der Waals surface area contributed by atoms with Gasteiger partial charge in [-0.25, -0.2) is 9.37 Å². The van der Waals surface area contributed by atoms with Gasteiger partial charge in [0.25, 0.3) is 0 Å². The Labute approximate surface area is 133 Å². The van der Waals surface area contributed by atoms with Crippen molar-refractivity contribution < 1.29 is 4.39 Å². The van der Waals surface area contributed by atoms with E-state index in [0.29, 0.717) is 0 Å². The summed E-state index contributed by atoms with van der Waals surface area (Å²) >= 11 is 1.46. The van der Waals surface area contributed by atoms with Crippen molar-refractivity contribution in [3.8, 4) is 0 Å². The summed E-state index contributed by atoms with van der Waals surface area (Å²) in [6.07, 6.45) is 0.926. The van der Waals surface area contributed by atoms with Gasteiger partial charge in [-0.2, -0.15) is 0 Å². The smallest absolute Gasteiger partial charge is 0.123 e. The number of benzene rings is 2. The van der Waals surface area contributed by atoms with Crippen LogP contribution in [-0.4, -0.2) is 9.55 Å². The van der Waals surface area contributed by atoms with Gasteiger partial charge in [0.15, 0.2) is 0 Å². The van der Waals surface area contributed by atoms with Crippen LogP contribution in [0.15, 0.2) is 47.4 Å². The van der Waals surface area contributed by atoms with E-state index < -0.39 is 0 Å². The molecule has 0 radical (unpaired) electrons. The van der Waals surface area contributed by atoms with Crippen molar-refractivity contribution in [3.05, 3.63) is 54.1 Å². The minimum atomic E-state index is -0.219. The van der Waals surface area contributed by atoms with Crippen molar-refractivity contribution >= 4 is 28.7 Å². The Morgan fingerprint density at radius 3 is 2.59 bits per heavy atom. The molecule has 0 fully saturated rings. The number of fused-ring (bicyclic) bond motifs is 1. The summed E-state index contributed by atoms with van der Waals surface area (Å²) in [7, 11) is 0. The van der Waals surface area contributed by atoms with Crippen LogP contribution in [0, 0.1) is 5.82 Å². The molecule has 3 nitrogen and oxygen atoms in total. The second-order valence-electron chi connectivity index (χ2n) is 4.99. The van der Waals surface area contributed by atoms with E-state index in [1.165, 1.54) is 24.1 Å². The molecule has 0 bridgehead atoms. The van der Waals surface area contributed by atoms with Crippen molar-refractivity contribution in [1.82, 2.24) is 9.55 Å². The summed E-state index contributed by atoms with van der Waals surface area (Å²) in [6, 6.07) is 12.6. The SMILES string of the molecule is CCc1nc2cc(NSc3ccc(F)cc3)ccc2n1CC. The van der Waals surface area contributed by atoms with Gasteiger partial charge in [-0.1, -0.05) is 6.92 Å². The Balaban J connectivity index is 1.81. The molecular formula is C17H18FN3S. The molecule has 3 aromatic rings. The molecule has 114 valence electrons. The number of nitrogens with one attached hydrogen (secondary N) is 1. The number of rotatable bonds is 5. The van der Waals surface area contributed by atoms with Crippen LogP contribution >= 0.6 is 11.9 Å². The molecule has 0 aliphatic carbocycles. The second kappa shape index (κ2) is 6.40. The Morgan fingerprint density at radius 2 is 1.91 bits per heavy atom. The monoisotopic (exact) mass is 315 g/mol. The van der Waals surface area contributed by atoms with Gasteiger partial charge in [-0.05, 0) is 61.3 Å². The lowest BCUT2D eigenvalue weighted by Crippen LogP contribution is -1.99. The first-order valence-corrected chi connectivity index (χ1v) is 8.20. The van der Waals surface area contributed by atoms with Crippen LogP contribution in [0.1, 0.15) is 19.7 Å².